The summed E-state index contributed by atoms with van der Waals surface area (Å²) < 4.78 is 1.98. The Morgan fingerprint density at radius 1 is 1.11 bits per heavy atom. The van der Waals surface area contributed by atoms with Crippen LogP contribution >= 0.6 is 0 Å². The van der Waals surface area contributed by atoms with Crippen molar-refractivity contribution in [1.29, 1.82) is 0 Å². The van der Waals surface area contributed by atoms with Crippen LogP contribution in [0, 0.1) is 6.92 Å². The Morgan fingerprint density at radius 3 is 2.64 bits per heavy atom. The first kappa shape index (κ1) is 18.3. The lowest BCUT2D eigenvalue weighted by molar-refractivity contribution is 0.161. The number of aromatic nitrogens is 4. The minimum Gasteiger partial charge on any atom is -0.387 e. The number of rotatable bonds is 5. The highest BCUT2D eigenvalue weighted by molar-refractivity contribution is 5.92. The minimum absolute atomic E-state index is 0.461. The van der Waals surface area contributed by atoms with E-state index in [0.717, 1.165) is 44.7 Å². The van der Waals surface area contributed by atoms with Gasteiger partial charge in [-0.1, -0.05) is 13.3 Å². The lowest BCUT2D eigenvalue weighted by Crippen LogP contribution is -2.11. The van der Waals surface area contributed by atoms with Crippen LogP contribution in [0.4, 0.5) is 5.82 Å². The van der Waals surface area contributed by atoms with Gasteiger partial charge in [-0.25, -0.2) is 15.0 Å². The fourth-order valence-corrected chi connectivity index (χ4v) is 3.52. The lowest BCUT2D eigenvalue weighted by atomic mass is 10.00. The van der Waals surface area contributed by atoms with Crippen LogP contribution in [0.25, 0.3) is 27.7 Å². The highest BCUT2D eigenvalue weighted by atomic mass is 16.5. The van der Waals surface area contributed by atoms with Gasteiger partial charge in [0.15, 0.2) is 5.82 Å². The van der Waals surface area contributed by atoms with Crippen LogP contribution in [0.2, 0.25) is 0 Å². The molecule has 0 fully saturated rings. The molecule has 0 radical (unpaired) electrons. The molecule has 0 aliphatic heterocycles. The molecule has 0 aromatic carbocycles. The lowest BCUT2D eigenvalue weighted by Gasteiger charge is -2.15. The molecule has 144 valence electrons. The van der Waals surface area contributed by atoms with Gasteiger partial charge in [0.2, 0.25) is 0 Å². The van der Waals surface area contributed by atoms with Crippen molar-refractivity contribution in [3.63, 3.8) is 0 Å². The van der Waals surface area contributed by atoms with Gasteiger partial charge in [0.25, 0.3) is 0 Å². The maximum atomic E-state index is 10.2. The van der Waals surface area contributed by atoms with Gasteiger partial charge in [-0.3, -0.25) is 14.6 Å². The largest absolute Gasteiger partial charge is 0.387 e. The summed E-state index contributed by atoms with van der Waals surface area (Å²) in [4.78, 5) is 13.3. The Balaban J connectivity index is 1.89. The van der Waals surface area contributed by atoms with E-state index in [2.05, 4.69) is 15.0 Å². The summed E-state index contributed by atoms with van der Waals surface area (Å²) in [5.41, 5.74) is 5.35. The minimum atomic E-state index is -0.543. The van der Waals surface area contributed by atoms with E-state index in [1.54, 1.807) is 12.4 Å². The predicted molar refractivity (Wildman–Crippen MR) is 109 cm³/mol. The molecular formula is C21H23N5O2. The number of hydroxylamine groups is 1. The molecule has 0 aliphatic carbocycles. The first-order valence-corrected chi connectivity index (χ1v) is 9.33. The van der Waals surface area contributed by atoms with Crippen molar-refractivity contribution in [2.75, 3.05) is 12.1 Å². The average Bonchev–Trinajstić information content (AvgIpc) is 3.17. The molecule has 4 rings (SSSR count). The van der Waals surface area contributed by atoms with Crippen LogP contribution < -0.4 is 5.06 Å². The van der Waals surface area contributed by atoms with E-state index in [4.69, 9.17) is 0 Å². The SMILES string of the molecule is CCCC(O)c1cc(C)c(-c2cc3cnc(N(C)O)cc3n3ccnc23)cn1. The second-order valence-electron chi connectivity index (χ2n) is 7.03. The van der Waals surface area contributed by atoms with E-state index in [-0.39, 0.29) is 0 Å². The van der Waals surface area contributed by atoms with Crippen LogP contribution in [-0.4, -0.2) is 36.7 Å². The first-order valence-electron chi connectivity index (χ1n) is 9.33. The zero-order chi connectivity index (χ0) is 19.8. The summed E-state index contributed by atoms with van der Waals surface area (Å²) in [5, 5.41) is 21.9. The topological polar surface area (TPSA) is 86.8 Å². The Hall–Kier alpha value is -3.03. The number of nitrogens with zero attached hydrogens (tertiary/aromatic N) is 5. The molecule has 0 saturated heterocycles. The maximum Gasteiger partial charge on any atom is 0.153 e. The van der Waals surface area contributed by atoms with Crippen molar-refractivity contribution < 1.29 is 10.3 Å². The van der Waals surface area contributed by atoms with Gasteiger partial charge < -0.3 is 5.11 Å². The molecule has 0 saturated carbocycles. The van der Waals surface area contributed by atoms with E-state index in [9.17, 15) is 10.3 Å². The second kappa shape index (κ2) is 7.18. The number of hydrogen-bond donors (Lipinski definition) is 2. The zero-order valence-corrected chi connectivity index (χ0v) is 16.2. The van der Waals surface area contributed by atoms with Gasteiger partial charge in [-0.2, -0.15) is 0 Å². The Morgan fingerprint density at radius 2 is 1.93 bits per heavy atom. The normalized spacial score (nSPS) is 12.6. The van der Waals surface area contributed by atoms with E-state index < -0.39 is 6.10 Å². The number of anilines is 1. The Kier molecular flexibility index (Phi) is 4.70. The molecule has 7 nitrogen and oxygen atoms in total. The van der Waals surface area contributed by atoms with Gasteiger partial charge in [0.05, 0.1) is 17.3 Å². The Bertz CT molecular complexity index is 1150. The molecular weight excluding hydrogens is 354 g/mol. The summed E-state index contributed by atoms with van der Waals surface area (Å²) in [7, 11) is 1.54. The van der Waals surface area contributed by atoms with Gasteiger partial charge >= 0.3 is 0 Å². The smallest absolute Gasteiger partial charge is 0.153 e. The molecule has 0 spiro atoms. The summed E-state index contributed by atoms with van der Waals surface area (Å²) >= 11 is 0. The fraction of sp³-hybridized carbons (Fsp3) is 0.286. The molecule has 1 atom stereocenters. The molecule has 1 unspecified atom stereocenters. The quantitative estimate of drug-likeness (QED) is 0.513. The Labute approximate surface area is 162 Å². The number of aliphatic hydroxyl groups is 1. The molecule has 0 aliphatic rings. The number of aliphatic hydroxyl groups excluding tert-OH is 1. The number of hydrogen-bond acceptors (Lipinski definition) is 6. The maximum absolute atomic E-state index is 10.2. The summed E-state index contributed by atoms with van der Waals surface area (Å²) in [6, 6.07) is 5.81. The monoisotopic (exact) mass is 377 g/mol. The highest BCUT2D eigenvalue weighted by Crippen LogP contribution is 2.32. The molecule has 4 heterocycles. The van der Waals surface area contributed by atoms with E-state index >= 15 is 0 Å². The van der Waals surface area contributed by atoms with Crippen LogP contribution in [0.3, 0.4) is 0 Å². The van der Waals surface area contributed by atoms with Crippen molar-refractivity contribution in [3.05, 3.63) is 54.2 Å². The molecule has 28 heavy (non-hydrogen) atoms. The highest BCUT2D eigenvalue weighted by Gasteiger charge is 2.15. The van der Waals surface area contributed by atoms with Crippen molar-refractivity contribution >= 4 is 22.4 Å². The first-order chi connectivity index (χ1) is 13.5. The van der Waals surface area contributed by atoms with Crippen molar-refractivity contribution in [3.8, 4) is 11.1 Å². The molecule has 0 amide bonds. The van der Waals surface area contributed by atoms with Gasteiger partial charge in [0, 0.05) is 54.4 Å². The fourth-order valence-electron chi connectivity index (χ4n) is 3.52. The van der Waals surface area contributed by atoms with Crippen LogP contribution in [-0.2, 0) is 0 Å². The number of imidazole rings is 1. The third-order valence-corrected chi connectivity index (χ3v) is 5.00. The summed E-state index contributed by atoms with van der Waals surface area (Å²) in [6.45, 7) is 4.06. The molecule has 2 N–H and O–H groups in total. The predicted octanol–water partition coefficient (Wildman–Crippen LogP) is 3.91. The van der Waals surface area contributed by atoms with Gasteiger partial charge in [-0.15, -0.1) is 0 Å². The van der Waals surface area contributed by atoms with Gasteiger partial charge in [0.1, 0.15) is 5.65 Å². The van der Waals surface area contributed by atoms with Crippen molar-refractivity contribution in [2.24, 2.45) is 0 Å². The number of fused-ring (bicyclic) bond motifs is 3. The third-order valence-electron chi connectivity index (χ3n) is 5.00. The zero-order valence-electron chi connectivity index (χ0n) is 16.2. The van der Waals surface area contributed by atoms with Crippen molar-refractivity contribution in [1.82, 2.24) is 19.4 Å². The van der Waals surface area contributed by atoms with Crippen LogP contribution in [0.1, 0.15) is 37.1 Å². The van der Waals surface area contributed by atoms with E-state index in [1.165, 1.54) is 7.05 Å². The average molecular weight is 377 g/mol. The molecule has 4 aromatic heterocycles. The molecule has 0 bridgehead atoms. The third kappa shape index (κ3) is 3.08. The second-order valence-corrected chi connectivity index (χ2v) is 7.03. The van der Waals surface area contributed by atoms with Crippen LogP contribution in [0.15, 0.2) is 43.0 Å². The van der Waals surface area contributed by atoms with Gasteiger partial charge in [-0.05, 0) is 31.0 Å². The standard InChI is InChI=1S/C21H23N5O2/c1-4-5-19(27)17-8-13(2)16(12-23-17)15-9-14-11-24-20(25(3)28)10-18(14)26-7-6-22-21(15)26/h6-12,19,27-28H,4-5H2,1-3H3. The molecule has 7 heteroatoms. The summed E-state index contributed by atoms with van der Waals surface area (Å²) in [5.74, 6) is 0.461. The van der Waals surface area contributed by atoms with E-state index in [1.807, 2.05) is 48.8 Å². The number of pyridine rings is 3. The van der Waals surface area contributed by atoms with E-state index in [0.29, 0.717) is 17.9 Å². The van der Waals surface area contributed by atoms with Crippen molar-refractivity contribution in [2.45, 2.75) is 32.8 Å². The molecule has 4 aromatic rings. The van der Waals surface area contributed by atoms with Crippen LogP contribution in [0.5, 0.6) is 0 Å². The number of aryl methyl sites for hydroxylation is 1. The summed E-state index contributed by atoms with van der Waals surface area (Å²) in [6.07, 6.45) is 8.25.